The van der Waals surface area contributed by atoms with Crippen LogP contribution in [0.25, 0.3) is 0 Å². The number of nitrogens with two attached hydrogens (primary N) is 1. The van der Waals surface area contributed by atoms with Crippen molar-refractivity contribution in [2.24, 2.45) is 5.73 Å². The number of amides is 1. The number of hydrogen-bond acceptors (Lipinski definition) is 2. The zero-order chi connectivity index (χ0) is 9.14. The lowest BCUT2D eigenvalue weighted by Crippen LogP contribution is -2.48. The van der Waals surface area contributed by atoms with E-state index in [4.69, 9.17) is 5.73 Å². The standard InChI is InChI=1S/C9H18N2O/c1-7-5-3-4-6-11(7)9(12)8(2)10/h7-8H,3-6,10H2,1-2H3/t7-,8-/m1/s1. The van der Waals surface area contributed by atoms with Gasteiger partial charge in [-0.25, -0.2) is 0 Å². The normalized spacial score (nSPS) is 26.9. The van der Waals surface area contributed by atoms with Crippen LogP contribution in [0.3, 0.4) is 0 Å². The minimum absolute atomic E-state index is 0.0993. The van der Waals surface area contributed by atoms with Gasteiger partial charge in [-0.2, -0.15) is 0 Å². The minimum atomic E-state index is -0.342. The van der Waals surface area contributed by atoms with Gasteiger partial charge in [0.2, 0.25) is 5.91 Å². The van der Waals surface area contributed by atoms with Gasteiger partial charge in [0.1, 0.15) is 0 Å². The molecule has 2 N–H and O–H groups in total. The van der Waals surface area contributed by atoms with E-state index >= 15 is 0 Å². The van der Waals surface area contributed by atoms with E-state index in [9.17, 15) is 4.79 Å². The Kier molecular flexibility index (Phi) is 3.09. The maximum absolute atomic E-state index is 11.5. The average molecular weight is 170 g/mol. The van der Waals surface area contributed by atoms with Crippen LogP contribution in [0.5, 0.6) is 0 Å². The molecule has 1 fully saturated rings. The van der Waals surface area contributed by atoms with Crippen molar-refractivity contribution >= 4 is 5.91 Å². The van der Waals surface area contributed by atoms with Crippen molar-refractivity contribution < 1.29 is 4.79 Å². The lowest BCUT2D eigenvalue weighted by molar-refractivity contribution is -0.135. The van der Waals surface area contributed by atoms with Crippen molar-refractivity contribution in [2.75, 3.05) is 6.54 Å². The quantitative estimate of drug-likeness (QED) is 0.630. The van der Waals surface area contributed by atoms with Gasteiger partial charge in [0, 0.05) is 12.6 Å². The highest BCUT2D eigenvalue weighted by atomic mass is 16.2. The van der Waals surface area contributed by atoms with Gasteiger partial charge < -0.3 is 10.6 Å². The van der Waals surface area contributed by atoms with Gasteiger partial charge in [-0.15, -0.1) is 0 Å². The summed E-state index contributed by atoms with van der Waals surface area (Å²) >= 11 is 0. The fraction of sp³-hybridized carbons (Fsp3) is 0.889. The highest BCUT2D eigenvalue weighted by Gasteiger charge is 2.24. The summed E-state index contributed by atoms with van der Waals surface area (Å²) < 4.78 is 0. The smallest absolute Gasteiger partial charge is 0.239 e. The third kappa shape index (κ3) is 1.97. The molecule has 0 aromatic rings. The van der Waals surface area contributed by atoms with Gasteiger partial charge >= 0.3 is 0 Å². The zero-order valence-corrected chi connectivity index (χ0v) is 7.92. The van der Waals surface area contributed by atoms with Crippen molar-refractivity contribution in [1.29, 1.82) is 0 Å². The van der Waals surface area contributed by atoms with E-state index in [2.05, 4.69) is 6.92 Å². The molecular weight excluding hydrogens is 152 g/mol. The Balaban J connectivity index is 2.53. The monoisotopic (exact) mass is 170 g/mol. The zero-order valence-electron chi connectivity index (χ0n) is 7.92. The molecule has 0 aromatic heterocycles. The van der Waals surface area contributed by atoms with Crippen molar-refractivity contribution in [3.8, 4) is 0 Å². The summed E-state index contributed by atoms with van der Waals surface area (Å²) in [5.74, 6) is 0.0993. The summed E-state index contributed by atoms with van der Waals surface area (Å²) in [5, 5.41) is 0. The number of likely N-dealkylation sites (tertiary alicyclic amines) is 1. The Morgan fingerprint density at radius 1 is 1.58 bits per heavy atom. The lowest BCUT2D eigenvalue weighted by Gasteiger charge is -2.34. The van der Waals surface area contributed by atoms with Crippen LogP contribution in [0.2, 0.25) is 0 Å². The Bertz CT molecular complexity index is 168. The summed E-state index contributed by atoms with van der Waals surface area (Å²) in [5.41, 5.74) is 5.54. The van der Waals surface area contributed by atoms with Gasteiger partial charge in [-0.05, 0) is 33.1 Å². The molecule has 0 saturated carbocycles. The molecule has 1 amide bonds. The van der Waals surface area contributed by atoms with Crippen molar-refractivity contribution in [1.82, 2.24) is 4.90 Å². The topological polar surface area (TPSA) is 46.3 Å². The van der Waals surface area contributed by atoms with Gasteiger partial charge in [0.05, 0.1) is 6.04 Å². The molecule has 1 aliphatic rings. The molecule has 1 heterocycles. The van der Waals surface area contributed by atoms with E-state index in [-0.39, 0.29) is 11.9 Å². The van der Waals surface area contributed by atoms with Crippen LogP contribution in [-0.2, 0) is 4.79 Å². The number of piperidine rings is 1. The number of nitrogens with zero attached hydrogens (tertiary/aromatic N) is 1. The third-order valence-corrected chi connectivity index (χ3v) is 2.48. The van der Waals surface area contributed by atoms with Crippen molar-refractivity contribution in [3.63, 3.8) is 0 Å². The Morgan fingerprint density at radius 2 is 2.25 bits per heavy atom. The van der Waals surface area contributed by atoms with E-state index in [0.29, 0.717) is 6.04 Å². The SMILES string of the molecule is C[C@@H]1CCCCN1C(=O)[C@@H](C)N. The fourth-order valence-electron chi connectivity index (χ4n) is 1.69. The van der Waals surface area contributed by atoms with E-state index in [0.717, 1.165) is 19.4 Å². The van der Waals surface area contributed by atoms with Crippen LogP contribution in [0.15, 0.2) is 0 Å². The Morgan fingerprint density at radius 3 is 2.75 bits per heavy atom. The number of carbonyl (C=O) groups excluding carboxylic acids is 1. The lowest BCUT2D eigenvalue weighted by atomic mass is 10.0. The van der Waals surface area contributed by atoms with Crippen LogP contribution in [0, 0.1) is 0 Å². The molecule has 0 unspecified atom stereocenters. The second-order valence-corrected chi connectivity index (χ2v) is 3.67. The highest BCUT2D eigenvalue weighted by molar-refractivity contribution is 5.81. The summed E-state index contributed by atoms with van der Waals surface area (Å²) in [6.45, 7) is 4.74. The van der Waals surface area contributed by atoms with E-state index < -0.39 is 0 Å². The van der Waals surface area contributed by atoms with Gasteiger partial charge in [-0.1, -0.05) is 0 Å². The van der Waals surface area contributed by atoms with Crippen molar-refractivity contribution in [3.05, 3.63) is 0 Å². The van der Waals surface area contributed by atoms with E-state index in [1.54, 1.807) is 6.92 Å². The molecule has 0 radical (unpaired) electrons. The first kappa shape index (κ1) is 9.52. The fourth-order valence-corrected chi connectivity index (χ4v) is 1.69. The minimum Gasteiger partial charge on any atom is -0.339 e. The van der Waals surface area contributed by atoms with Gasteiger partial charge in [0.25, 0.3) is 0 Å². The molecule has 0 aromatic carbocycles. The first-order chi connectivity index (χ1) is 5.63. The molecule has 1 aliphatic heterocycles. The van der Waals surface area contributed by atoms with Crippen LogP contribution >= 0.6 is 0 Å². The summed E-state index contributed by atoms with van der Waals surface area (Å²) in [6.07, 6.45) is 3.49. The number of rotatable bonds is 1. The van der Waals surface area contributed by atoms with Crippen LogP contribution in [0.1, 0.15) is 33.1 Å². The van der Waals surface area contributed by atoms with E-state index in [1.807, 2.05) is 4.90 Å². The largest absolute Gasteiger partial charge is 0.339 e. The third-order valence-electron chi connectivity index (χ3n) is 2.48. The molecule has 0 aliphatic carbocycles. The summed E-state index contributed by atoms with van der Waals surface area (Å²) in [7, 11) is 0. The molecule has 70 valence electrons. The second-order valence-electron chi connectivity index (χ2n) is 3.67. The molecule has 1 saturated heterocycles. The van der Waals surface area contributed by atoms with E-state index in [1.165, 1.54) is 6.42 Å². The molecule has 0 spiro atoms. The molecule has 3 heteroatoms. The summed E-state index contributed by atoms with van der Waals surface area (Å²) in [6, 6.07) is 0.0443. The van der Waals surface area contributed by atoms with Crippen molar-refractivity contribution in [2.45, 2.75) is 45.2 Å². The summed E-state index contributed by atoms with van der Waals surface area (Å²) in [4.78, 5) is 13.4. The number of carbonyl (C=O) groups is 1. The Hall–Kier alpha value is -0.570. The predicted octanol–water partition coefficient (Wildman–Crippen LogP) is 0.735. The average Bonchev–Trinajstić information content (AvgIpc) is 2.04. The second kappa shape index (κ2) is 3.90. The van der Waals surface area contributed by atoms with Crippen LogP contribution < -0.4 is 5.73 Å². The van der Waals surface area contributed by atoms with Gasteiger partial charge in [-0.3, -0.25) is 4.79 Å². The Labute approximate surface area is 73.9 Å². The molecule has 2 atom stereocenters. The number of hydrogen-bond donors (Lipinski definition) is 1. The maximum Gasteiger partial charge on any atom is 0.239 e. The highest BCUT2D eigenvalue weighted by Crippen LogP contribution is 2.16. The predicted molar refractivity (Wildman–Crippen MR) is 48.7 cm³/mol. The molecule has 0 bridgehead atoms. The molecular formula is C9H18N2O. The molecule has 1 rings (SSSR count). The molecule has 3 nitrogen and oxygen atoms in total. The first-order valence-electron chi connectivity index (χ1n) is 4.69. The first-order valence-corrected chi connectivity index (χ1v) is 4.69. The van der Waals surface area contributed by atoms with Gasteiger partial charge in [0.15, 0.2) is 0 Å². The maximum atomic E-state index is 11.5. The van der Waals surface area contributed by atoms with Crippen LogP contribution in [-0.4, -0.2) is 29.4 Å². The molecule has 12 heavy (non-hydrogen) atoms. The van der Waals surface area contributed by atoms with Crippen LogP contribution in [0.4, 0.5) is 0 Å².